The molecule has 0 saturated heterocycles. The number of fused-ring (bicyclic) bond motifs is 12. The van der Waals surface area contributed by atoms with E-state index in [1.54, 1.807) is 6.07 Å². The number of benzene rings is 14. The molecule has 94 heavy (non-hydrogen) atoms. The number of rotatable bonds is 10. The van der Waals surface area contributed by atoms with E-state index in [0.717, 1.165) is 88.6 Å². The van der Waals surface area contributed by atoms with Crippen molar-refractivity contribution < 1.29 is 17.8 Å². The summed E-state index contributed by atoms with van der Waals surface area (Å²) >= 11 is 0. The predicted molar refractivity (Wildman–Crippen MR) is 397 cm³/mol. The summed E-state index contributed by atoms with van der Waals surface area (Å²) in [4.78, 5) is 3.27. The summed E-state index contributed by atoms with van der Waals surface area (Å²) in [7, 11) is 0. The van der Waals surface area contributed by atoms with Crippen LogP contribution in [0.2, 0.25) is 0 Å². The Morgan fingerprint density at radius 1 is 0.266 bits per heavy atom. The molecule has 16 aromatic rings. The lowest BCUT2D eigenvalue weighted by molar-refractivity contribution is 0.660. The van der Waals surface area contributed by atoms with Gasteiger partial charge in [-0.1, -0.05) is 234 Å². The molecule has 2 aliphatic rings. The smallest absolute Gasteiger partial charge is 0.0651 e. The minimum atomic E-state index is -0.572. The van der Waals surface area contributed by atoms with Gasteiger partial charge in [-0.2, -0.15) is 0 Å². The molecule has 448 valence electrons. The topological polar surface area (TPSA) is 16.3 Å². The third-order valence-corrected chi connectivity index (χ3v) is 19.0. The Morgan fingerprint density at radius 2 is 0.649 bits per heavy atom. The highest BCUT2D eigenvalue weighted by Gasteiger charge is 2.37. The summed E-state index contributed by atoms with van der Waals surface area (Å²) in [6, 6.07) is 81.7. The number of hydrogen-bond donors (Lipinski definition) is 0. The molecule has 0 atom stereocenters. The van der Waals surface area contributed by atoms with Crippen molar-refractivity contribution in [1.29, 1.82) is 0 Å². The van der Waals surface area contributed by atoms with Crippen molar-refractivity contribution in [1.82, 2.24) is 9.13 Å². The van der Waals surface area contributed by atoms with E-state index in [0.29, 0.717) is 22.4 Å². The second-order valence-corrected chi connectivity index (χ2v) is 25.1. The summed E-state index contributed by atoms with van der Waals surface area (Å²) in [6.45, 7) is 8.67. The number of aromatic nitrogens is 2. The van der Waals surface area contributed by atoms with Crippen molar-refractivity contribution in [3.05, 3.63) is 362 Å². The van der Waals surface area contributed by atoms with Gasteiger partial charge in [0.15, 0.2) is 0 Å². The second-order valence-electron chi connectivity index (χ2n) is 25.1. The van der Waals surface area contributed by atoms with Gasteiger partial charge >= 0.3 is 0 Å². The van der Waals surface area contributed by atoms with Gasteiger partial charge in [0.25, 0.3) is 0 Å². The number of para-hydroxylation sites is 6. The fraction of sp³-hybridized carbons (Fsp3) is 0.0667. The van der Waals surface area contributed by atoms with Crippen LogP contribution in [0.1, 0.15) is 67.8 Å². The summed E-state index contributed by atoms with van der Waals surface area (Å²) in [5.74, 6) is 0. The molecule has 0 bridgehead atoms. The molecular formula is C90H68N4. The van der Waals surface area contributed by atoms with E-state index in [1.807, 2.05) is 187 Å². The Morgan fingerprint density at radius 3 is 1.13 bits per heavy atom. The van der Waals surface area contributed by atoms with Crippen LogP contribution in [0, 0.1) is 0 Å². The molecule has 0 fully saturated rings. The molecule has 0 radical (unpaired) electrons. The zero-order valence-electron chi connectivity index (χ0n) is 65.1. The van der Waals surface area contributed by atoms with Gasteiger partial charge in [0.2, 0.25) is 0 Å². The van der Waals surface area contributed by atoms with Crippen LogP contribution in [0.4, 0.5) is 34.1 Å². The zero-order valence-corrected chi connectivity index (χ0v) is 52.1. The minimum absolute atomic E-state index is 0.0408. The summed E-state index contributed by atoms with van der Waals surface area (Å²) in [5, 5.41) is 3.88. The van der Waals surface area contributed by atoms with Crippen molar-refractivity contribution in [2.24, 2.45) is 0 Å². The monoisotopic (exact) mass is 1220 g/mol. The standard InChI is InChI=1S/2C45H34N2/c2*1-45(2)41-22-11-9-20-37(41)38-26-25-36(30-42(38)45)46(33-15-5-3-6-16-33)35-19-13-14-31(28-35)32-24-27-44-40(29-32)39-21-10-12-23-43(39)47(44)34-17-7-4-8-18-34/h2*3-30H,1-2H3/i3D,5D,6D,13D,14D,15D,16D,19D,28D;13D,14D,19D,28D. The Balaban J connectivity index is 0.000000158. The summed E-state index contributed by atoms with van der Waals surface area (Å²) < 4.78 is 123. The summed E-state index contributed by atoms with van der Waals surface area (Å²) in [5.41, 5.74) is 17.5. The minimum Gasteiger partial charge on any atom is -0.310 e. The van der Waals surface area contributed by atoms with Crippen LogP contribution >= 0.6 is 0 Å². The van der Waals surface area contributed by atoms with Crippen LogP contribution in [0.3, 0.4) is 0 Å². The van der Waals surface area contributed by atoms with Crippen molar-refractivity contribution in [3.63, 3.8) is 0 Å². The first-order valence-corrected chi connectivity index (χ1v) is 31.7. The molecule has 0 N–H and O–H groups in total. The summed E-state index contributed by atoms with van der Waals surface area (Å²) in [6.07, 6.45) is 0. The Kier molecular flexibility index (Phi) is 10.5. The highest BCUT2D eigenvalue weighted by Crippen LogP contribution is 2.53. The first-order chi connectivity index (χ1) is 51.6. The largest absolute Gasteiger partial charge is 0.310 e. The predicted octanol–water partition coefficient (Wildman–Crippen LogP) is 24.5. The van der Waals surface area contributed by atoms with Crippen LogP contribution < -0.4 is 9.80 Å². The van der Waals surface area contributed by atoms with Gasteiger partial charge in [-0.15, -0.1) is 0 Å². The molecule has 0 amide bonds. The van der Waals surface area contributed by atoms with Crippen LogP contribution in [0.15, 0.2) is 339 Å². The third-order valence-electron chi connectivity index (χ3n) is 19.0. The van der Waals surface area contributed by atoms with E-state index in [2.05, 4.69) is 110 Å². The number of hydrogen-bond acceptors (Lipinski definition) is 2. The van der Waals surface area contributed by atoms with Crippen molar-refractivity contribution in [3.8, 4) is 55.9 Å². The van der Waals surface area contributed by atoms with Crippen molar-refractivity contribution in [2.45, 2.75) is 38.5 Å². The normalized spacial score (nSPS) is 15.0. The fourth-order valence-corrected chi connectivity index (χ4v) is 14.5. The Hall–Kier alpha value is -11.7. The Labute approximate surface area is 568 Å². The van der Waals surface area contributed by atoms with Gasteiger partial charge in [-0.25, -0.2) is 0 Å². The highest BCUT2D eigenvalue weighted by atomic mass is 15.1. The van der Waals surface area contributed by atoms with E-state index in [4.69, 9.17) is 12.3 Å². The maximum Gasteiger partial charge on any atom is 0.0651 e. The van der Waals surface area contributed by atoms with Gasteiger partial charge in [0, 0.05) is 77.9 Å². The molecule has 4 nitrogen and oxygen atoms in total. The lowest BCUT2D eigenvalue weighted by Crippen LogP contribution is -2.16. The molecule has 2 aliphatic carbocycles. The average Bonchev–Trinajstić information content (AvgIpc) is 1.62. The van der Waals surface area contributed by atoms with E-state index < -0.39 is 47.7 Å². The SMILES string of the molecule is [2H]c1c([2H])c(-c2ccc3c(c2)c2ccccc2n3-c2ccccc2)c([2H])c(N(c2ccccc2)c2ccc3c(c2)C(C)(C)c2ccccc2-3)c1[2H].[2H]c1c([2H])c([2H])c(N(c2ccc3c(c2)C(C)(C)c2ccccc2-3)c2c([2H])c([2H])c([2H])c(-c3ccc4c(c3)c3ccccc3n4-c3ccccc3)c2[2H])c([2H])c1[2H]. The lowest BCUT2D eigenvalue weighted by atomic mass is 9.82. The van der Waals surface area contributed by atoms with E-state index in [1.165, 1.54) is 27.2 Å². The maximum atomic E-state index is 9.81. The molecule has 0 saturated carbocycles. The van der Waals surface area contributed by atoms with Gasteiger partial charge in [-0.05, 0) is 200 Å². The molecule has 4 heteroatoms. The molecule has 0 unspecified atom stereocenters. The Bertz CT molecular complexity index is 6360. The van der Waals surface area contributed by atoms with E-state index in [9.17, 15) is 5.48 Å². The average molecular weight is 1220 g/mol. The van der Waals surface area contributed by atoms with Gasteiger partial charge in [0.1, 0.15) is 0 Å². The first-order valence-electron chi connectivity index (χ1n) is 38.2. The van der Waals surface area contributed by atoms with E-state index >= 15 is 0 Å². The van der Waals surface area contributed by atoms with Crippen LogP contribution in [0.5, 0.6) is 0 Å². The molecule has 18 rings (SSSR count). The van der Waals surface area contributed by atoms with Gasteiger partial charge in [-0.3, -0.25) is 0 Å². The molecule has 0 aliphatic heterocycles. The van der Waals surface area contributed by atoms with Gasteiger partial charge in [0.05, 0.1) is 39.9 Å². The van der Waals surface area contributed by atoms with Crippen LogP contribution in [-0.4, -0.2) is 9.13 Å². The number of nitrogens with zero attached hydrogens (tertiary/aromatic N) is 4. The molecule has 2 aromatic heterocycles. The molecular weight excluding hydrogens is 1140 g/mol. The van der Waals surface area contributed by atoms with Crippen LogP contribution in [-0.2, 0) is 10.8 Å². The van der Waals surface area contributed by atoms with Crippen LogP contribution in [0.25, 0.3) is 99.5 Å². The highest BCUT2D eigenvalue weighted by molar-refractivity contribution is 6.12. The first kappa shape index (κ1) is 43.9. The molecule has 0 spiro atoms. The molecule has 14 aromatic carbocycles. The van der Waals surface area contributed by atoms with E-state index in [-0.39, 0.29) is 64.3 Å². The lowest BCUT2D eigenvalue weighted by Gasteiger charge is -2.28. The van der Waals surface area contributed by atoms with Crippen molar-refractivity contribution in [2.75, 3.05) is 9.80 Å². The third kappa shape index (κ3) is 9.35. The number of anilines is 6. The zero-order chi connectivity index (χ0) is 74.4. The second kappa shape index (κ2) is 22.6. The fourth-order valence-electron chi connectivity index (χ4n) is 14.5. The van der Waals surface area contributed by atoms with Gasteiger partial charge < -0.3 is 18.9 Å². The maximum absolute atomic E-state index is 9.81. The molecule has 2 heterocycles. The quantitative estimate of drug-likeness (QED) is 0.136. The van der Waals surface area contributed by atoms with Crippen molar-refractivity contribution >= 4 is 77.7 Å².